The molecule has 7 rings (SSSR count). The van der Waals surface area contributed by atoms with Crippen molar-refractivity contribution in [2.75, 3.05) is 18.9 Å². The molecule has 0 radical (unpaired) electrons. The van der Waals surface area contributed by atoms with Crippen LogP contribution in [0.15, 0.2) is 17.6 Å². The van der Waals surface area contributed by atoms with Crippen LogP contribution in [-0.4, -0.2) is 121 Å². The summed E-state index contributed by atoms with van der Waals surface area (Å²) in [5, 5.41) is 27.4. The summed E-state index contributed by atoms with van der Waals surface area (Å²) >= 11 is 0. The van der Waals surface area contributed by atoms with E-state index in [4.69, 9.17) is 39.0 Å². The quantitative estimate of drug-likeness (QED) is 0.124. The number of aromatic nitrogens is 4. The second-order valence-electron chi connectivity index (χ2n) is 10.6. The summed E-state index contributed by atoms with van der Waals surface area (Å²) in [6, 6.07) is -1.01. The van der Waals surface area contributed by atoms with E-state index >= 15 is 0 Å². The summed E-state index contributed by atoms with van der Waals surface area (Å²) in [6.07, 6.45) is -11.4. The fourth-order valence-corrected chi connectivity index (χ4v) is 7.58. The third kappa shape index (κ3) is 7.10. The van der Waals surface area contributed by atoms with Crippen molar-refractivity contribution < 1.29 is 121 Å². The second-order valence-corrected chi connectivity index (χ2v) is 13.3. The Morgan fingerprint density at radius 2 is 1.62 bits per heavy atom. The molecule has 2 aromatic heterocycles. The molecule has 47 heavy (non-hydrogen) atoms. The molecule has 5 aliphatic heterocycles. The minimum atomic E-state index is -5.35. The summed E-state index contributed by atoms with van der Waals surface area (Å²) < 4.78 is 59.3. The number of nitrogen functional groups attached to an aromatic ring is 1. The van der Waals surface area contributed by atoms with Crippen LogP contribution in [-0.2, 0) is 41.5 Å². The largest absolute Gasteiger partial charge is 1.00 e. The summed E-state index contributed by atoms with van der Waals surface area (Å²) in [7, 11) is -10.7. The van der Waals surface area contributed by atoms with Gasteiger partial charge < -0.3 is 63.5 Å². The molecule has 0 saturated carbocycles. The van der Waals surface area contributed by atoms with E-state index < -0.39 is 102 Å². The van der Waals surface area contributed by atoms with Crippen LogP contribution >= 0.6 is 15.6 Å². The Morgan fingerprint density at radius 1 is 0.957 bits per heavy atom. The number of carbonyl (C=O) groups is 1. The number of aliphatic hydroxyl groups excluding tert-OH is 2. The van der Waals surface area contributed by atoms with E-state index in [1.807, 2.05) is 0 Å². The predicted molar refractivity (Wildman–Crippen MR) is 138 cm³/mol. The summed E-state index contributed by atoms with van der Waals surface area (Å²) in [4.78, 5) is 55.7. The molecule has 13 atom stereocenters. The van der Waals surface area contributed by atoms with Gasteiger partial charge in [0.2, 0.25) is 0 Å². The van der Waals surface area contributed by atoms with Crippen molar-refractivity contribution in [1.29, 1.82) is 0 Å². The average Bonchev–Trinajstić information content (AvgIpc) is 3.72. The monoisotopic (exact) mass is 722 g/mol. The first-order valence-corrected chi connectivity index (χ1v) is 16.2. The van der Waals surface area contributed by atoms with E-state index in [1.54, 1.807) is 0 Å². The maximum Gasteiger partial charge on any atom is 1.00 e. The number of nitrogens with two attached hydrogens (primary N) is 2. The number of aliphatic hydroxyl groups is 2. The van der Waals surface area contributed by atoms with Gasteiger partial charge in [0, 0.05) is 0 Å². The number of hydrogen-bond donors (Lipinski definition) is 6. The fourth-order valence-electron chi connectivity index (χ4n) is 5.71. The number of ether oxygens (including phenoxy) is 2. The van der Waals surface area contributed by atoms with Gasteiger partial charge in [0.05, 0.1) is 25.9 Å². The van der Waals surface area contributed by atoms with Crippen molar-refractivity contribution in [1.82, 2.24) is 35.1 Å². The summed E-state index contributed by atoms with van der Waals surface area (Å²) in [5.41, 5.74) is 11.9. The van der Waals surface area contributed by atoms with E-state index in [9.17, 15) is 33.9 Å². The molecular formula is C20H26N10Na2O13P2. The number of fused-ring (bicyclic) bond motifs is 5. The van der Waals surface area contributed by atoms with Gasteiger partial charge in [0.25, 0.3) is 21.6 Å². The third-order valence-corrected chi connectivity index (χ3v) is 9.70. The molecule has 246 valence electrons. The Labute approximate surface area is 308 Å². The fraction of sp³-hybridized carbons (Fsp3) is 0.650. The number of nitrogens with zero attached hydrogens (tertiary/aromatic N) is 6. The maximum absolute atomic E-state index is 13.1. The minimum Gasteiger partial charge on any atom is -0.756 e. The average molecular weight is 722 g/mol. The molecule has 5 aliphatic rings. The molecule has 4 fully saturated rings. The van der Waals surface area contributed by atoms with Crippen LogP contribution in [0.1, 0.15) is 6.23 Å². The Bertz CT molecular complexity index is 1630. The number of imidazole rings is 1. The van der Waals surface area contributed by atoms with Crippen LogP contribution in [0.2, 0.25) is 0 Å². The van der Waals surface area contributed by atoms with Crippen LogP contribution in [0.5, 0.6) is 0 Å². The van der Waals surface area contributed by atoms with Crippen molar-refractivity contribution in [2.45, 2.75) is 67.6 Å². The van der Waals surface area contributed by atoms with Gasteiger partial charge in [-0.3, -0.25) is 34.5 Å². The van der Waals surface area contributed by atoms with E-state index in [0.29, 0.717) is 0 Å². The summed E-state index contributed by atoms with van der Waals surface area (Å²) in [5.74, 6) is -0.509. The van der Waals surface area contributed by atoms with Gasteiger partial charge >= 0.3 is 59.1 Å². The minimum absolute atomic E-state index is 0. The van der Waals surface area contributed by atoms with Crippen molar-refractivity contribution in [2.24, 2.45) is 10.7 Å². The first-order valence-electron chi connectivity index (χ1n) is 13.3. The molecule has 4 saturated heterocycles. The number of amides is 1. The normalized spacial score (nSPS) is 43.5. The topological polar surface area (TPSA) is 328 Å². The molecule has 0 aromatic carbocycles. The molecular weight excluding hydrogens is 696 g/mol. The van der Waals surface area contributed by atoms with Gasteiger partial charge in [0.15, 0.2) is 30.0 Å². The number of nitrogens with one attached hydrogen (secondary N) is 2. The number of aliphatic imine (C=N–C) groups is 1. The Kier molecular flexibility index (Phi) is 11.3. The number of phosphoric acid groups is 2. The zero-order chi connectivity index (χ0) is 31.8. The van der Waals surface area contributed by atoms with E-state index in [-0.39, 0.29) is 76.1 Å². The number of carbonyl (C=O) groups excluding carboxylic acids is 1. The Balaban J connectivity index is 0.00000217. The van der Waals surface area contributed by atoms with E-state index in [2.05, 4.69) is 30.6 Å². The van der Waals surface area contributed by atoms with Crippen LogP contribution in [0, 0.1) is 0 Å². The Hall–Kier alpha value is -0.730. The van der Waals surface area contributed by atoms with Gasteiger partial charge in [-0.25, -0.2) is 15.0 Å². The van der Waals surface area contributed by atoms with Crippen molar-refractivity contribution in [3.63, 3.8) is 0 Å². The second kappa shape index (κ2) is 14.1. The molecule has 5 unspecified atom stereocenters. The maximum atomic E-state index is 13.1. The molecule has 1 amide bonds. The van der Waals surface area contributed by atoms with Gasteiger partial charge in [0.1, 0.15) is 60.9 Å². The Morgan fingerprint density at radius 3 is 2.34 bits per heavy atom. The zero-order valence-corrected chi connectivity index (χ0v) is 30.4. The van der Waals surface area contributed by atoms with Gasteiger partial charge in [-0.05, 0) is 0 Å². The predicted octanol–water partition coefficient (Wildman–Crippen LogP) is -11.5. The zero-order valence-electron chi connectivity index (χ0n) is 24.6. The van der Waals surface area contributed by atoms with Gasteiger partial charge in [-0.2, -0.15) is 0 Å². The number of anilines is 1. The first-order chi connectivity index (χ1) is 21.3. The van der Waals surface area contributed by atoms with Crippen molar-refractivity contribution >= 4 is 44.9 Å². The molecule has 0 spiro atoms. The van der Waals surface area contributed by atoms with Crippen LogP contribution in [0.25, 0.3) is 11.2 Å². The van der Waals surface area contributed by atoms with Crippen LogP contribution in [0.4, 0.5) is 5.82 Å². The standard InChI is InChI=1S/C20H28N10O13P2.2Na/c21-14-8-15(24-3-23-14)29(4-25-8)18-11(32)12-7(41-18)2-39-45(36,37)43-13-10(31)6(1-38-44(34,35)42-12)40-19(13)30-5-26-9-16(30)27-20(22)28-17(9)33;;/h3-7,9-13,16,18-20,27,31-32H,1-2,22H2,(H,28,33)(H,34,35)(H,36,37)(H2,21,23,24);;/q;2*+1/p-2/t6-,7-,9?,10-,11-,12-,13-,16?,18-,19-,20?;;/m1../s1. The number of phosphoric ester groups is 2. The molecule has 2 bridgehead atoms. The number of rotatable bonds is 2. The van der Waals surface area contributed by atoms with E-state index in [1.165, 1.54) is 22.1 Å². The van der Waals surface area contributed by atoms with Crippen LogP contribution in [0.3, 0.4) is 0 Å². The summed E-state index contributed by atoms with van der Waals surface area (Å²) in [6.45, 7) is -1.78. The molecule has 23 nitrogen and oxygen atoms in total. The van der Waals surface area contributed by atoms with Crippen LogP contribution < -0.4 is 91.0 Å². The van der Waals surface area contributed by atoms with E-state index in [0.717, 1.165) is 6.33 Å². The third-order valence-electron chi connectivity index (χ3n) is 7.77. The SMILES string of the molecule is Nc1ncnc2c1ncn2[C@@H]1O[C@@H]2COP(=O)([O-])O[C@@H]3[C@H](O)[C@@H](COP(=O)([O-])O[C@H]2[C@H]1O)O[C@H]3N1C=NC2C(=O)NC(N)NC21.[Na+].[Na+]. The van der Waals surface area contributed by atoms with Gasteiger partial charge in [-0.1, -0.05) is 0 Å². The van der Waals surface area contributed by atoms with Crippen molar-refractivity contribution in [3.8, 4) is 0 Å². The molecule has 27 heteroatoms. The first kappa shape index (κ1) is 37.5. The molecule has 7 heterocycles. The van der Waals surface area contributed by atoms with Gasteiger partial charge in [-0.15, -0.1) is 0 Å². The molecule has 2 aromatic rings. The number of hydrogen-bond acceptors (Lipinski definition) is 21. The molecule has 8 N–H and O–H groups in total. The smallest absolute Gasteiger partial charge is 0.756 e. The van der Waals surface area contributed by atoms with Crippen molar-refractivity contribution in [3.05, 3.63) is 12.7 Å². The molecule has 0 aliphatic carbocycles.